The van der Waals surface area contributed by atoms with Crippen LogP contribution in [0.25, 0.3) is 0 Å². The highest BCUT2D eigenvalue weighted by Gasteiger charge is 2.40. The largest absolute Gasteiger partial charge is 0.471 e. The van der Waals surface area contributed by atoms with Gasteiger partial charge in [-0.1, -0.05) is 23.4 Å². The molecule has 21 heavy (non-hydrogen) atoms. The molecule has 0 bridgehead atoms. The number of aromatic nitrogens is 2. The van der Waals surface area contributed by atoms with Crippen molar-refractivity contribution in [2.24, 2.45) is 5.73 Å². The summed E-state index contributed by atoms with van der Waals surface area (Å²) in [6.45, 7) is 0. The molecule has 4 nitrogen and oxygen atoms in total. The highest BCUT2D eigenvalue weighted by Crippen LogP contribution is 2.35. The van der Waals surface area contributed by atoms with Crippen LogP contribution in [0.15, 0.2) is 28.8 Å². The van der Waals surface area contributed by atoms with Crippen molar-refractivity contribution in [2.75, 3.05) is 0 Å². The Balaban J connectivity index is 2.42. The SMILES string of the molecule is NC(c1noc(C(F)(F)F)n1)c1ccccc1C(F)(F)F. The van der Waals surface area contributed by atoms with E-state index in [1.54, 1.807) is 0 Å². The summed E-state index contributed by atoms with van der Waals surface area (Å²) in [5, 5.41) is 2.98. The summed E-state index contributed by atoms with van der Waals surface area (Å²) in [4.78, 5) is 2.99. The third kappa shape index (κ3) is 3.15. The minimum absolute atomic E-state index is 0.445. The topological polar surface area (TPSA) is 64.9 Å². The minimum Gasteiger partial charge on any atom is -0.329 e. The summed E-state index contributed by atoms with van der Waals surface area (Å²) in [6, 6.07) is 2.62. The summed E-state index contributed by atoms with van der Waals surface area (Å²) in [5.74, 6) is -2.35. The van der Waals surface area contributed by atoms with Crippen LogP contribution in [-0.2, 0) is 12.4 Å². The predicted molar refractivity (Wildman–Crippen MR) is 56.8 cm³/mol. The average Bonchev–Trinajstić information content (AvgIpc) is 2.86. The molecular weight excluding hydrogens is 304 g/mol. The third-order valence-corrected chi connectivity index (χ3v) is 2.56. The molecule has 0 aliphatic carbocycles. The van der Waals surface area contributed by atoms with Gasteiger partial charge in [0.05, 0.1) is 11.6 Å². The fourth-order valence-corrected chi connectivity index (χ4v) is 1.64. The van der Waals surface area contributed by atoms with Gasteiger partial charge < -0.3 is 10.3 Å². The Morgan fingerprint density at radius 2 is 1.62 bits per heavy atom. The Hall–Kier alpha value is -2.10. The number of nitrogens with two attached hydrogens (primary N) is 1. The van der Waals surface area contributed by atoms with Gasteiger partial charge in [-0.3, -0.25) is 0 Å². The second-order valence-corrected chi connectivity index (χ2v) is 4.02. The van der Waals surface area contributed by atoms with Gasteiger partial charge in [-0.25, -0.2) is 0 Å². The molecule has 0 radical (unpaired) electrons. The molecule has 0 fully saturated rings. The van der Waals surface area contributed by atoms with Crippen molar-refractivity contribution in [3.8, 4) is 0 Å². The number of benzene rings is 1. The average molecular weight is 311 g/mol. The molecule has 1 unspecified atom stereocenters. The van der Waals surface area contributed by atoms with Crippen molar-refractivity contribution in [3.05, 3.63) is 47.1 Å². The van der Waals surface area contributed by atoms with Crippen LogP contribution < -0.4 is 5.73 Å². The Morgan fingerprint density at radius 3 is 2.14 bits per heavy atom. The van der Waals surface area contributed by atoms with E-state index in [2.05, 4.69) is 14.7 Å². The van der Waals surface area contributed by atoms with Crippen LogP contribution in [0.4, 0.5) is 26.3 Å². The van der Waals surface area contributed by atoms with Crippen LogP contribution in [-0.4, -0.2) is 10.1 Å². The van der Waals surface area contributed by atoms with Gasteiger partial charge in [0.2, 0.25) is 0 Å². The minimum atomic E-state index is -4.89. The number of halogens is 6. The van der Waals surface area contributed by atoms with Gasteiger partial charge >= 0.3 is 18.2 Å². The summed E-state index contributed by atoms with van der Waals surface area (Å²) < 4.78 is 79.4. The molecule has 0 saturated heterocycles. The molecule has 1 aromatic carbocycles. The number of hydrogen-bond donors (Lipinski definition) is 1. The van der Waals surface area contributed by atoms with Gasteiger partial charge in [0, 0.05) is 0 Å². The third-order valence-electron chi connectivity index (χ3n) is 2.56. The molecule has 0 aliphatic rings. The fraction of sp³-hybridized carbons (Fsp3) is 0.273. The number of rotatable bonds is 2. The first kappa shape index (κ1) is 15.3. The second kappa shape index (κ2) is 5.02. The molecule has 10 heteroatoms. The second-order valence-electron chi connectivity index (χ2n) is 4.02. The van der Waals surface area contributed by atoms with E-state index in [-0.39, 0.29) is 0 Å². The Morgan fingerprint density at radius 1 is 1.00 bits per heavy atom. The van der Waals surface area contributed by atoms with Crippen LogP contribution in [0, 0.1) is 0 Å². The van der Waals surface area contributed by atoms with E-state index in [9.17, 15) is 26.3 Å². The van der Waals surface area contributed by atoms with E-state index >= 15 is 0 Å². The van der Waals surface area contributed by atoms with Crippen LogP contribution >= 0.6 is 0 Å². The molecule has 1 aromatic heterocycles. The van der Waals surface area contributed by atoms with Crippen molar-refractivity contribution in [1.29, 1.82) is 0 Å². The molecular formula is C11H7F6N3O. The highest BCUT2D eigenvalue weighted by molar-refractivity contribution is 5.35. The van der Waals surface area contributed by atoms with Crippen molar-refractivity contribution >= 4 is 0 Å². The molecule has 2 N–H and O–H groups in total. The van der Waals surface area contributed by atoms with Gasteiger partial charge in [-0.05, 0) is 11.6 Å². The smallest absolute Gasteiger partial charge is 0.329 e. The van der Waals surface area contributed by atoms with E-state index in [1.807, 2.05) is 0 Å². The van der Waals surface area contributed by atoms with Crippen LogP contribution in [0.1, 0.15) is 28.9 Å². The van der Waals surface area contributed by atoms with Crippen molar-refractivity contribution in [1.82, 2.24) is 10.1 Å². The monoisotopic (exact) mass is 311 g/mol. The molecule has 2 rings (SSSR count). The van der Waals surface area contributed by atoms with Gasteiger partial charge in [-0.15, -0.1) is 0 Å². The van der Waals surface area contributed by atoms with Crippen LogP contribution in [0.3, 0.4) is 0 Å². The predicted octanol–water partition coefficient (Wildman–Crippen LogP) is 3.16. The lowest BCUT2D eigenvalue weighted by Gasteiger charge is -2.15. The normalized spacial score (nSPS) is 14.2. The lowest BCUT2D eigenvalue weighted by molar-refractivity contribution is -0.159. The Kier molecular flexibility index (Phi) is 3.66. The maximum Gasteiger partial charge on any atom is 0.471 e. The van der Waals surface area contributed by atoms with E-state index in [0.29, 0.717) is 0 Å². The number of hydrogen-bond acceptors (Lipinski definition) is 4. The lowest BCUT2D eigenvalue weighted by atomic mass is 10.00. The quantitative estimate of drug-likeness (QED) is 0.865. The summed E-state index contributed by atoms with van der Waals surface area (Å²) in [6.07, 6.45) is -9.60. The summed E-state index contributed by atoms with van der Waals surface area (Å²) in [5.41, 5.74) is 4.00. The first-order valence-electron chi connectivity index (χ1n) is 5.43. The zero-order chi connectivity index (χ0) is 15.8. The lowest BCUT2D eigenvalue weighted by Crippen LogP contribution is -2.19. The summed E-state index contributed by atoms with van der Waals surface area (Å²) >= 11 is 0. The first-order valence-corrected chi connectivity index (χ1v) is 5.43. The van der Waals surface area contributed by atoms with E-state index in [1.165, 1.54) is 6.07 Å². The van der Waals surface area contributed by atoms with Crippen molar-refractivity contribution in [2.45, 2.75) is 18.4 Å². The Bertz CT molecular complexity index is 633. The van der Waals surface area contributed by atoms with Gasteiger partial charge in [-0.2, -0.15) is 31.3 Å². The van der Waals surface area contributed by atoms with Crippen molar-refractivity contribution < 1.29 is 30.9 Å². The highest BCUT2D eigenvalue weighted by atomic mass is 19.4. The van der Waals surface area contributed by atoms with Gasteiger partial charge in [0.25, 0.3) is 0 Å². The van der Waals surface area contributed by atoms with Crippen LogP contribution in [0.5, 0.6) is 0 Å². The van der Waals surface area contributed by atoms with E-state index in [4.69, 9.17) is 5.73 Å². The maximum atomic E-state index is 12.8. The molecule has 114 valence electrons. The van der Waals surface area contributed by atoms with Gasteiger partial charge in [0.15, 0.2) is 5.82 Å². The van der Waals surface area contributed by atoms with E-state index < -0.39 is 41.2 Å². The van der Waals surface area contributed by atoms with E-state index in [0.717, 1.165) is 18.2 Å². The molecule has 0 amide bonds. The molecule has 1 atom stereocenters. The van der Waals surface area contributed by atoms with Gasteiger partial charge in [0.1, 0.15) is 0 Å². The van der Waals surface area contributed by atoms with Crippen LogP contribution in [0.2, 0.25) is 0 Å². The number of nitrogens with zero attached hydrogens (tertiary/aromatic N) is 2. The summed E-state index contributed by atoms with van der Waals surface area (Å²) in [7, 11) is 0. The molecule has 0 spiro atoms. The molecule has 2 aromatic rings. The molecule has 0 aliphatic heterocycles. The fourth-order valence-electron chi connectivity index (χ4n) is 1.64. The first-order chi connectivity index (χ1) is 9.60. The zero-order valence-corrected chi connectivity index (χ0v) is 10.0. The molecule has 0 saturated carbocycles. The Labute approximate surface area is 113 Å². The number of alkyl halides is 6. The molecule has 1 heterocycles. The van der Waals surface area contributed by atoms with Crippen molar-refractivity contribution in [3.63, 3.8) is 0 Å². The maximum absolute atomic E-state index is 12.8. The standard InChI is InChI=1S/C11H7F6N3O/c12-10(13,14)6-4-2-1-3-5(6)7(18)8-19-9(21-20-8)11(15,16)17/h1-4,7H,18H2. The zero-order valence-electron chi connectivity index (χ0n) is 10.0.